The molecule has 90 valence electrons. The predicted octanol–water partition coefficient (Wildman–Crippen LogP) is 1.51. The second-order valence-corrected chi connectivity index (χ2v) is 4.57. The number of hydrogen-bond donors (Lipinski definition) is 1. The molecule has 0 amide bonds. The van der Waals surface area contributed by atoms with Crippen molar-refractivity contribution in [2.75, 3.05) is 5.73 Å². The molecule has 0 aliphatic carbocycles. The molecule has 0 bridgehead atoms. The van der Waals surface area contributed by atoms with Crippen molar-refractivity contribution in [1.29, 1.82) is 5.26 Å². The molecule has 2 rings (SSSR count). The van der Waals surface area contributed by atoms with Crippen LogP contribution in [0.2, 0.25) is 0 Å². The van der Waals surface area contributed by atoms with E-state index in [1.165, 1.54) is 4.57 Å². The van der Waals surface area contributed by atoms with Gasteiger partial charge in [0.15, 0.2) is 0 Å². The first kappa shape index (κ1) is 12.3. The van der Waals surface area contributed by atoms with Crippen molar-refractivity contribution in [1.82, 2.24) is 9.55 Å². The van der Waals surface area contributed by atoms with Crippen LogP contribution in [0.4, 0.5) is 5.69 Å². The van der Waals surface area contributed by atoms with Crippen LogP contribution in [0.25, 0.3) is 0 Å². The molecule has 2 N–H and O–H groups in total. The molecule has 0 aromatic carbocycles. The highest BCUT2D eigenvalue weighted by Gasteiger charge is 2.04. The summed E-state index contributed by atoms with van der Waals surface area (Å²) < 4.78 is 1.90. The molecular formula is C12H9BrN4O. The van der Waals surface area contributed by atoms with E-state index in [9.17, 15) is 4.79 Å². The highest BCUT2D eigenvalue weighted by molar-refractivity contribution is 9.10. The Bertz CT molecular complexity index is 687. The molecule has 5 nitrogen and oxygen atoms in total. The molecule has 0 fully saturated rings. The van der Waals surface area contributed by atoms with Crippen LogP contribution in [-0.4, -0.2) is 9.55 Å². The fraction of sp³-hybridized carbons (Fsp3) is 0.0833. The molecular weight excluding hydrogens is 296 g/mol. The summed E-state index contributed by atoms with van der Waals surface area (Å²) in [6.45, 7) is 0.347. The lowest BCUT2D eigenvalue weighted by atomic mass is 10.2. The van der Waals surface area contributed by atoms with Gasteiger partial charge in [0, 0.05) is 18.1 Å². The monoisotopic (exact) mass is 304 g/mol. The molecule has 0 aliphatic rings. The van der Waals surface area contributed by atoms with E-state index >= 15 is 0 Å². The Morgan fingerprint density at radius 3 is 3.00 bits per heavy atom. The number of nitrogen functional groups attached to an aromatic ring is 1. The van der Waals surface area contributed by atoms with E-state index in [2.05, 4.69) is 20.9 Å². The minimum atomic E-state index is -0.167. The fourth-order valence-electron chi connectivity index (χ4n) is 1.57. The van der Waals surface area contributed by atoms with Crippen molar-refractivity contribution in [3.8, 4) is 6.07 Å². The average Bonchev–Trinajstić information content (AvgIpc) is 2.35. The number of halogens is 1. The minimum Gasteiger partial charge on any atom is -0.398 e. The summed E-state index contributed by atoms with van der Waals surface area (Å²) in [6.07, 6.45) is 3.11. The van der Waals surface area contributed by atoms with Gasteiger partial charge in [-0.05, 0) is 39.7 Å². The largest absolute Gasteiger partial charge is 0.398 e. The SMILES string of the molecule is N#Cc1cc(Cn2cc(N)cc(Br)c2=O)ccn1. The first-order valence-electron chi connectivity index (χ1n) is 5.10. The van der Waals surface area contributed by atoms with E-state index in [0.29, 0.717) is 22.4 Å². The van der Waals surface area contributed by atoms with Gasteiger partial charge < -0.3 is 10.3 Å². The summed E-state index contributed by atoms with van der Waals surface area (Å²) in [7, 11) is 0. The molecule has 0 saturated heterocycles. The highest BCUT2D eigenvalue weighted by atomic mass is 79.9. The van der Waals surface area contributed by atoms with Crippen LogP contribution in [0.5, 0.6) is 0 Å². The van der Waals surface area contributed by atoms with Crippen molar-refractivity contribution < 1.29 is 0 Å². The third-order valence-corrected chi connectivity index (χ3v) is 2.92. The Kier molecular flexibility index (Phi) is 3.44. The van der Waals surface area contributed by atoms with Crippen molar-refractivity contribution in [2.45, 2.75) is 6.54 Å². The lowest BCUT2D eigenvalue weighted by Crippen LogP contribution is -2.21. The Labute approximate surface area is 112 Å². The molecule has 2 heterocycles. The van der Waals surface area contributed by atoms with Gasteiger partial charge in [-0.3, -0.25) is 4.79 Å². The van der Waals surface area contributed by atoms with E-state index in [1.54, 1.807) is 30.6 Å². The van der Waals surface area contributed by atoms with Gasteiger partial charge in [0.05, 0.1) is 11.0 Å². The second kappa shape index (κ2) is 5.02. The van der Waals surface area contributed by atoms with Crippen molar-refractivity contribution in [2.24, 2.45) is 0 Å². The number of nitrogens with two attached hydrogens (primary N) is 1. The standard InChI is InChI=1S/C12H9BrN4O/c13-11-4-9(15)7-17(12(11)18)6-8-1-2-16-10(3-8)5-14/h1-4,7H,6,15H2. The molecule has 0 aliphatic heterocycles. The Hall–Kier alpha value is -2.13. The molecule has 6 heteroatoms. The topological polar surface area (TPSA) is 84.7 Å². The zero-order valence-corrected chi connectivity index (χ0v) is 10.9. The number of hydrogen-bond acceptors (Lipinski definition) is 4. The number of anilines is 1. The third kappa shape index (κ3) is 2.57. The van der Waals surface area contributed by atoms with Gasteiger partial charge in [-0.15, -0.1) is 0 Å². The van der Waals surface area contributed by atoms with Gasteiger partial charge in [-0.1, -0.05) is 0 Å². The van der Waals surface area contributed by atoms with E-state index in [-0.39, 0.29) is 5.56 Å². The van der Waals surface area contributed by atoms with Gasteiger partial charge in [0.25, 0.3) is 5.56 Å². The highest BCUT2D eigenvalue weighted by Crippen LogP contribution is 2.10. The lowest BCUT2D eigenvalue weighted by molar-refractivity contribution is 0.755. The molecule has 0 radical (unpaired) electrons. The second-order valence-electron chi connectivity index (χ2n) is 3.72. The van der Waals surface area contributed by atoms with Crippen LogP contribution in [0.3, 0.4) is 0 Å². The third-order valence-electron chi connectivity index (χ3n) is 2.36. The zero-order valence-electron chi connectivity index (χ0n) is 9.30. The minimum absolute atomic E-state index is 0.167. The normalized spacial score (nSPS) is 10.0. The van der Waals surface area contributed by atoms with Crippen LogP contribution >= 0.6 is 15.9 Å². The summed E-state index contributed by atoms with van der Waals surface area (Å²) in [5, 5.41) is 8.76. The first-order valence-corrected chi connectivity index (χ1v) is 5.90. The van der Waals surface area contributed by atoms with Crippen LogP contribution in [0.15, 0.2) is 39.9 Å². The maximum Gasteiger partial charge on any atom is 0.265 e. The Morgan fingerprint density at radius 2 is 2.28 bits per heavy atom. The van der Waals surface area contributed by atoms with E-state index in [0.717, 1.165) is 5.56 Å². The number of aromatic nitrogens is 2. The maximum atomic E-state index is 11.9. The van der Waals surface area contributed by atoms with E-state index < -0.39 is 0 Å². The van der Waals surface area contributed by atoms with Gasteiger partial charge in [-0.2, -0.15) is 5.26 Å². The van der Waals surface area contributed by atoms with Gasteiger partial charge in [0.2, 0.25) is 0 Å². The van der Waals surface area contributed by atoms with Crippen LogP contribution in [0.1, 0.15) is 11.3 Å². The summed E-state index contributed by atoms with van der Waals surface area (Å²) >= 11 is 3.16. The van der Waals surface area contributed by atoms with Gasteiger partial charge in [-0.25, -0.2) is 4.98 Å². The fourth-order valence-corrected chi connectivity index (χ4v) is 2.06. The molecule has 0 saturated carbocycles. The number of nitrogens with zero attached hydrogens (tertiary/aromatic N) is 3. The lowest BCUT2D eigenvalue weighted by Gasteiger charge is -2.07. The molecule has 2 aromatic rings. The van der Waals surface area contributed by atoms with Crippen molar-refractivity contribution >= 4 is 21.6 Å². The summed E-state index contributed by atoms with van der Waals surface area (Å²) in [5.74, 6) is 0. The van der Waals surface area contributed by atoms with Crippen molar-refractivity contribution in [3.63, 3.8) is 0 Å². The van der Waals surface area contributed by atoms with Gasteiger partial charge >= 0.3 is 0 Å². The van der Waals surface area contributed by atoms with E-state index in [4.69, 9.17) is 11.0 Å². The Morgan fingerprint density at radius 1 is 1.50 bits per heavy atom. The quantitative estimate of drug-likeness (QED) is 0.911. The first-order chi connectivity index (χ1) is 8.60. The molecule has 18 heavy (non-hydrogen) atoms. The Balaban J connectivity index is 2.40. The van der Waals surface area contributed by atoms with E-state index in [1.807, 2.05) is 6.07 Å². The maximum absolute atomic E-state index is 11.9. The molecule has 2 aromatic heterocycles. The summed E-state index contributed by atoms with van der Waals surface area (Å²) in [4.78, 5) is 15.7. The zero-order chi connectivity index (χ0) is 13.1. The van der Waals surface area contributed by atoms with Gasteiger partial charge in [0.1, 0.15) is 11.8 Å². The smallest absolute Gasteiger partial charge is 0.265 e. The molecule has 0 spiro atoms. The summed E-state index contributed by atoms with van der Waals surface area (Å²) in [6, 6.07) is 6.92. The molecule has 0 atom stereocenters. The van der Waals surface area contributed by atoms with Crippen LogP contribution in [0, 0.1) is 11.3 Å². The predicted molar refractivity (Wildman–Crippen MR) is 70.9 cm³/mol. The molecule has 0 unspecified atom stereocenters. The number of nitriles is 1. The summed E-state index contributed by atoms with van der Waals surface area (Å²) in [5.41, 5.74) is 7.16. The van der Waals surface area contributed by atoms with Crippen LogP contribution in [-0.2, 0) is 6.54 Å². The number of rotatable bonds is 2. The van der Waals surface area contributed by atoms with Crippen molar-refractivity contribution in [3.05, 3.63) is 56.7 Å². The average molecular weight is 305 g/mol. The van der Waals surface area contributed by atoms with Crippen LogP contribution < -0.4 is 11.3 Å². The number of pyridine rings is 2.